The van der Waals surface area contributed by atoms with Crippen LogP contribution in [-0.2, 0) is 0 Å². The molecular weight excluding hydrogens is 295 g/mol. The number of hydrogen-bond donors (Lipinski definition) is 2. The van der Waals surface area contributed by atoms with Crippen molar-refractivity contribution in [2.75, 3.05) is 6.54 Å². The van der Waals surface area contributed by atoms with Gasteiger partial charge in [-0.2, -0.15) is 5.10 Å². The summed E-state index contributed by atoms with van der Waals surface area (Å²) in [5, 5.41) is 7.81. The molecule has 4 rings (SSSR count). The fourth-order valence-electron chi connectivity index (χ4n) is 3.32. The second kappa shape index (κ2) is 5.53. The molecule has 1 atom stereocenters. The van der Waals surface area contributed by atoms with E-state index in [-0.39, 0.29) is 17.8 Å². The average molecular weight is 312 g/mol. The summed E-state index contributed by atoms with van der Waals surface area (Å²) < 4.78 is 13.3. The number of carbonyl (C=O) groups is 1. The number of H-pyrrole nitrogens is 2. The molecule has 5 nitrogen and oxygen atoms in total. The molecule has 1 amide bonds. The monoisotopic (exact) mass is 312 g/mol. The number of aromatic amines is 2. The Morgan fingerprint density at radius 3 is 3.00 bits per heavy atom. The molecule has 1 aliphatic heterocycles. The van der Waals surface area contributed by atoms with E-state index in [4.69, 9.17) is 0 Å². The predicted octanol–water partition coefficient (Wildman–Crippen LogP) is 3.40. The zero-order valence-corrected chi connectivity index (χ0v) is 12.6. The molecular formula is C17H17FN4O. The van der Waals surface area contributed by atoms with Crippen molar-refractivity contribution in [3.63, 3.8) is 0 Å². The minimum Gasteiger partial charge on any atom is -0.350 e. The number of halogens is 1. The first-order valence-electron chi connectivity index (χ1n) is 7.81. The maximum atomic E-state index is 13.3. The Balaban J connectivity index is 1.67. The fourth-order valence-corrected chi connectivity index (χ4v) is 3.32. The number of nitrogens with one attached hydrogen (secondary N) is 2. The van der Waals surface area contributed by atoms with Crippen LogP contribution in [0, 0.1) is 5.82 Å². The maximum absolute atomic E-state index is 13.3. The van der Waals surface area contributed by atoms with Crippen LogP contribution < -0.4 is 0 Å². The lowest BCUT2D eigenvalue weighted by Gasteiger charge is -2.34. The first-order valence-corrected chi connectivity index (χ1v) is 7.81. The SMILES string of the molecule is O=C(c1cc2ccc(F)cc2[nH]1)N1CCCC[C@H]1c1ccn[nH]1. The van der Waals surface area contributed by atoms with Gasteiger partial charge in [-0.05, 0) is 49.6 Å². The summed E-state index contributed by atoms with van der Waals surface area (Å²) in [6.07, 6.45) is 4.71. The molecule has 1 aromatic carbocycles. The standard InChI is InChI=1S/C17H17FN4O/c18-12-5-4-11-9-15(20-14(11)10-12)17(23)22-8-2-1-3-16(22)13-6-7-19-21-13/h4-7,9-10,16,20H,1-3,8H2,(H,19,21)/t16-/m0/s1. The molecule has 3 heterocycles. The van der Waals surface area contributed by atoms with Crippen molar-refractivity contribution >= 4 is 16.8 Å². The van der Waals surface area contributed by atoms with Crippen molar-refractivity contribution in [1.82, 2.24) is 20.1 Å². The number of fused-ring (bicyclic) bond motifs is 1. The summed E-state index contributed by atoms with van der Waals surface area (Å²) in [5.41, 5.74) is 2.10. The number of aromatic nitrogens is 3. The van der Waals surface area contributed by atoms with Gasteiger partial charge in [-0.1, -0.05) is 0 Å². The number of hydrogen-bond acceptors (Lipinski definition) is 2. The fraction of sp³-hybridized carbons (Fsp3) is 0.294. The summed E-state index contributed by atoms with van der Waals surface area (Å²) >= 11 is 0. The van der Waals surface area contributed by atoms with Gasteiger partial charge < -0.3 is 9.88 Å². The molecule has 2 N–H and O–H groups in total. The van der Waals surface area contributed by atoms with E-state index >= 15 is 0 Å². The van der Waals surface area contributed by atoms with E-state index in [9.17, 15) is 9.18 Å². The van der Waals surface area contributed by atoms with Gasteiger partial charge >= 0.3 is 0 Å². The second-order valence-electron chi connectivity index (χ2n) is 5.94. The molecule has 0 bridgehead atoms. The van der Waals surface area contributed by atoms with Crippen LogP contribution in [0.3, 0.4) is 0 Å². The number of likely N-dealkylation sites (tertiary alicyclic amines) is 1. The highest BCUT2D eigenvalue weighted by Crippen LogP contribution is 2.31. The lowest BCUT2D eigenvalue weighted by molar-refractivity contribution is 0.0601. The summed E-state index contributed by atoms with van der Waals surface area (Å²) in [6, 6.07) is 8.21. The quantitative estimate of drug-likeness (QED) is 0.761. The van der Waals surface area contributed by atoms with Gasteiger partial charge in [0.25, 0.3) is 5.91 Å². The van der Waals surface area contributed by atoms with Crippen LogP contribution in [0.1, 0.15) is 41.5 Å². The molecule has 6 heteroatoms. The van der Waals surface area contributed by atoms with Crippen molar-refractivity contribution in [1.29, 1.82) is 0 Å². The van der Waals surface area contributed by atoms with Crippen LogP contribution in [0.15, 0.2) is 36.5 Å². The second-order valence-corrected chi connectivity index (χ2v) is 5.94. The van der Waals surface area contributed by atoms with Gasteiger partial charge in [-0.3, -0.25) is 9.89 Å². The third-order valence-corrected chi connectivity index (χ3v) is 4.46. The van der Waals surface area contributed by atoms with Crippen LogP contribution in [-0.4, -0.2) is 32.5 Å². The molecule has 0 aliphatic carbocycles. The molecule has 118 valence electrons. The molecule has 23 heavy (non-hydrogen) atoms. The Hall–Kier alpha value is -2.63. The van der Waals surface area contributed by atoms with E-state index < -0.39 is 0 Å². The van der Waals surface area contributed by atoms with E-state index in [2.05, 4.69) is 15.2 Å². The third-order valence-electron chi connectivity index (χ3n) is 4.46. The topological polar surface area (TPSA) is 64.8 Å². The predicted molar refractivity (Wildman–Crippen MR) is 84.5 cm³/mol. The zero-order valence-electron chi connectivity index (χ0n) is 12.6. The molecule has 0 unspecified atom stereocenters. The molecule has 1 saturated heterocycles. The molecule has 0 radical (unpaired) electrons. The minimum atomic E-state index is -0.313. The van der Waals surface area contributed by atoms with Crippen molar-refractivity contribution in [3.05, 3.63) is 53.7 Å². The lowest BCUT2D eigenvalue weighted by atomic mass is 9.99. The van der Waals surface area contributed by atoms with Crippen molar-refractivity contribution in [2.45, 2.75) is 25.3 Å². The van der Waals surface area contributed by atoms with Crippen molar-refractivity contribution in [2.24, 2.45) is 0 Å². The van der Waals surface area contributed by atoms with Gasteiger partial charge in [-0.15, -0.1) is 0 Å². The summed E-state index contributed by atoms with van der Waals surface area (Å²) in [6.45, 7) is 0.715. The molecule has 0 saturated carbocycles. The molecule has 2 aromatic heterocycles. The first kappa shape index (κ1) is 14.0. The largest absolute Gasteiger partial charge is 0.350 e. The molecule has 0 spiro atoms. The third kappa shape index (κ3) is 2.50. The number of carbonyl (C=O) groups excluding carboxylic acids is 1. The number of benzene rings is 1. The van der Waals surface area contributed by atoms with Gasteiger partial charge in [0.1, 0.15) is 11.5 Å². The lowest BCUT2D eigenvalue weighted by Crippen LogP contribution is -2.38. The van der Waals surface area contributed by atoms with E-state index in [0.29, 0.717) is 17.8 Å². The van der Waals surface area contributed by atoms with Gasteiger partial charge in [0.2, 0.25) is 0 Å². The van der Waals surface area contributed by atoms with E-state index in [0.717, 1.165) is 30.3 Å². The highest BCUT2D eigenvalue weighted by molar-refractivity contribution is 5.98. The first-order chi connectivity index (χ1) is 11.2. The normalized spacial score (nSPS) is 18.5. The van der Waals surface area contributed by atoms with Gasteiger partial charge in [-0.25, -0.2) is 4.39 Å². The van der Waals surface area contributed by atoms with E-state index in [1.54, 1.807) is 18.3 Å². The number of rotatable bonds is 2. The van der Waals surface area contributed by atoms with Gasteiger partial charge in [0.15, 0.2) is 0 Å². The Bertz CT molecular complexity index is 840. The van der Waals surface area contributed by atoms with E-state index in [1.165, 1.54) is 12.1 Å². The van der Waals surface area contributed by atoms with Crippen LogP contribution in [0.4, 0.5) is 4.39 Å². The number of amides is 1. The zero-order chi connectivity index (χ0) is 15.8. The molecule has 1 fully saturated rings. The van der Waals surface area contributed by atoms with Crippen molar-refractivity contribution in [3.8, 4) is 0 Å². The van der Waals surface area contributed by atoms with E-state index in [1.807, 2.05) is 11.0 Å². The van der Waals surface area contributed by atoms with Gasteiger partial charge in [0.05, 0.1) is 11.7 Å². The number of nitrogens with zero attached hydrogens (tertiary/aromatic N) is 2. The van der Waals surface area contributed by atoms with Crippen LogP contribution in [0.5, 0.6) is 0 Å². The minimum absolute atomic E-state index is 0.0156. The van der Waals surface area contributed by atoms with Crippen molar-refractivity contribution < 1.29 is 9.18 Å². The molecule has 1 aliphatic rings. The maximum Gasteiger partial charge on any atom is 0.270 e. The Labute approximate surface area is 132 Å². The summed E-state index contributed by atoms with van der Waals surface area (Å²) in [4.78, 5) is 17.8. The Morgan fingerprint density at radius 2 is 2.17 bits per heavy atom. The van der Waals surface area contributed by atoms with Crippen LogP contribution in [0.25, 0.3) is 10.9 Å². The summed E-state index contributed by atoms with van der Waals surface area (Å²) in [7, 11) is 0. The number of piperidine rings is 1. The summed E-state index contributed by atoms with van der Waals surface area (Å²) in [5.74, 6) is -0.368. The van der Waals surface area contributed by atoms with Crippen LogP contribution in [0.2, 0.25) is 0 Å². The Morgan fingerprint density at radius 1 is 1.26 bits per heavy atom. The highest BCUT2D eigenvalue weighted by atomic mass is 19.1. The highest BCUT2D eigenvalue weighted by Gasteiger charge is 2.30. The van der Waals surface area contributed by atoms with Gasteiger partial charge in [0, 0.05) is 23.6 Å². The molecule has 3 aromatic rings. The van der Waals surface area contributed by atoms with Crippen LogP contribution >= 0.6 is 0 Å². The average Bonchev–Trinajstić information content (AvgIpc) is 3.23. The smallest absolute Gasteiger partial charge is 0.270 e. The Kier molecular flexibility index (Phi) is 3.37.